The van der Waals surface area contributed by atoms with Crippen LogP contribution in [-0.2, 0) is 4.74 Å². The van der Waals surface area contributed by atoms with Crippen molar-refractivity contribution in [3.05, 3.63) is 23.9 Å². The maximum Gasteiger partial charge on any atom is 0.255 e. The minimum atomic E-state index is -0.178. The number of pyridine rings is 1. The molecule has 0 bridgehead atoms. The molecule has 1 heterocycles. The smallest absolute Gasteiger partial charge is 0.255 e. The van der Waals surface area contributed by atoms with Crippen molar-refractivity contribution in [3.63, 3.8) is 0 Å². The number of nitrogens with one attached hydrogen (secondary N) is 1. The van der Waals surface area contributed by atoms with E-state index in [0.717, 1.165) is 12.8 Å². The predicted octanol–water partition coefficient (Wildman–Crippen LogP) is 0.820. The van der Waals surface area contributed by atoms with Gasteiger partial charge in [-0.25, -0.2) is 4.98 Å². The number of nitrogens with two attached hydrogens (primary N) is 1. The number of methoxy groups -OCH3 is 1. The van der Waals surface area contributed by atoms with E-state index in [1.165, 1.54) is 0 Å². The Hall–Kier alpha value is -1.62. The van der Waals surface area contributed by atoms with Crippen molar-refractivity contribution in [2.24, 2.45) is 0 Å². The number of hydrogen-bond donors (Lipinski definition) is 2. The molecule has 1 aromatic rings. The zero-order chi connectivity index (χ0) is 11.8. The minimum absolute atomic E-state index is 0.178. The average Bonchev–Trinajstić information content (AvgIpc) is 2.29. The molecule has 0 aliphatic rings. The third-order valence-electron chi connectivity index (χ3n) is 2.14. The van der Waals surface area contributed by atoms with E-state index in [0.29, 0.717) is 18.7 Å². The number of rotatable bonds is 6. The Kier molecular flexibility index (Phi) is 5.28. The summed E-state index contributed by atoms with van der Waals surface area (Å²) in [7, 11) is 1.66. The number of amides is 1. The lowest BCUT2D eigenvalue weighted by molar-refractivity contribution is 0.0952. The standard InChI is InChI=1S/C11H17N3O2/c1-16-8-3-2-6-14-11(15)9-5-4-7-13-10(9)12/h4-5,7H,2-3,6,8H2,1H3,(H2,12,13)(H,14,15). The number of carbonyl (C=O) groups is 1. The van der Waals surface area contributed by atoms with Crippen LogP contribution in [0.3, 0.4) is 0 Å². The van der Waals surface area contributed by atoms with Gasteiger partial charge in [-0.1, -0.05) is 0 Å². The quantitative estimate of drug-likeness (QED) is 0.700. The van der Waals surface area contributed by atoms with Gasteiger partial charge >= 0.3 is 0 Å². The first-order valence-corrected chi connectivity index (χ1v) is 5.23. The molecule has 1 aromatic heterocycles. The first-order chi connectivity index (χ1) is 7.75. The molecule has 5 heteroatoms. The summed E-state index contributed by atoms with van der Waals surface area (Å²) < 4.78 is 4.91. The van der Waals surface area contributed by atoms with E-state index in [-0.39, 0.29) is 11.7 Å². The van der Waals surface area contributed by atoms with Crippen molar-refractivity contribution in [2.75, 3.05) is 26.0 Å². The molecule has 0 unspecified atom stereocenters. The molecule has 1 amide bonds. The third-order valence-corrected chi connectivity index (χ3v) is 2.14. The molecule has 0 spiro atoms. The van der Waals surface area contributed by atoms with Crippen LogP contribution in [0.15, 0.2) is 18.3 Å². The highest BCUT2D eigenvalue weighted by Gasteiger charge is 2.08. The maximum atomic E-state index is 11.6. The zero-order valence-electron chi connectivity index (χ0n) is 9.40. The normalized spacial score (nSPS) is 10.1. The fourth-order valence-electron chi connectivity index (χ4n) is 1.28. The van der Waals surface area contributed by atoms with E-state index in [2.05, 4.69) is 10.3 Å². The van der Waals surface area contributed by atoms with E-state index >= 15 is 0 Å². The molecule has 3 N–H and O–H groups in total. The van der Waals surface area contributed by atoms with E-state index < -0.39 is 0 Å². The topological polar surface area (TPSA) is 77.2 Å². The SMILES string of the molecule is COCCCCNC(=O)c1cccnc1N. The van der Waals surface area contributed by atoms with Gasteiger partial charge in [0.15, 0.2) is 0 Å². The van der Waals surface area contributed by atoms with Crippen LogP contribution in [0.5, 0.6) is 0 Å². The van der Waals surface area contributed by atoms with Gasteiger partial charge in [0.2, 0.25) is 0 Å². The Balaban J connectivity index is 2.33. The van der Waals surface area contributed by atoms with Gasteiger partial charge in [0.25, 0.3) is 5.91 Å². The minimum Gasteiger partial charge on any atom is -0.385 e. The van der Waals surface area contributed by atoms with Crippen LogP contribution in [0, 0.1) is 0 Å². The molecule has 88 valence electrons. The summed E-state index contributed by atoms with van der Waals surface area (Å²) in [6.07, 6.45) is 3.38. The van der Waals surface area contributed by atoms with Crippen molar-refractivity contribution >= 4 is 11.7 Å². The molecular formula is C11H17N3O2. The number of ether oxygens (including phenoxy) is 1. The number of unbranched alkanes of at least 4 members (excludes halogenated alkanes) is 1. The number of nitrogens with zero attached hydrogens (tertiary/aromatic N) is 1. The molecule has 1 rings (SSSR count). The molecule has 0 aliphatic heterocycles. The summed E-state index contributed by atoms with van der Waals surface area (Å²) in [4.78, 5) is 15.5. The highest BCUT2D eigenvalue weighted by molar-refractivity contribution is 5.98. The second kappa shape index (κ2) is 6.79. The first kappa shape index (κ1) is 12.4. The van der Waals surface area contributed by atoms with Crippen molar-refractivity contribution in [1.82, 2.24) is 10.3 Å². The molecule has 0 saturated heterocycles. The number of aromatic nitrogens is 1. The lowest BCUT2D eigenvalue weighted by atomic mass is 10.2. The highest BCUT2D eigenvalue weighted by atomic mass is 16.5. The highest BCUT2D eigenvalue weighted by Crippen LogP contribution is 2.06. The fraction of sp³-hybridized carbons (Fsp3) is 0.455. The summed E-state index contributed by atoms with van der Waals surface area (Å²) in [6.45, 7) is 1.33. The number of anilines is 1. The summed E-state index contributed by atoms with van der Waals surface area (Å²) in [5, 5.41) is 2.78. The Morgan fingerprint density at radius 2 is 2.38 bits per heavy atom. The molecule has 0 radical (unpaired) electrons. The van der Waals surface area contributed by atoms with Crippen LogP contribution < -0.4 is 11.1 Å². The summed E-state index contributed by atoms with van der Waals surface area (Å²) in [6, 6.07) is 3.35. The molecule has 0 aromatic carbocycles. The van der Waals surface area contributed by atoms with Crippen LogP contribution in [-0.4, -0.2) is 31.2 Å². The van der Waals surface area contributed by atoms with E-state index in [9.17, 15) is 4.79 Å². The van der Waals surface area contributed by atoms with Crippen LogP contribution in [0.1, 0.15) is 23.2 Å². The Bertz CT molecular complexity index is 342. The van der Waals surface area contributed by atoms with Crippen molar-refractivity contribution in [1.29, 1.82) is 0 Å². The summed E-state index contributed by atoms with van der Waals surface area (Å²) >= 11 is 0. The molecule has 0 aliphatic carbocycles. The van der Waals surface area contributed by atoms with Crippen LogP contribution >= 0.6 is 0 Å². The molecule has 5 nitrogen and oxygen atoms in total. The molecule has 16 heavy (non-hydrogen) atoms. The van der Waals surface area contributed by atoms with Gasteiger partial charge in [0.05, 0.1) is 5.56 Å². The fourth-order valence-corrected chi connectivity index (χ4v) is 1.28. The first-order valence-electron chi connectivity index (χ1n) is 5.23. The van der Waals surface area contributed by atoms with E-state index in [1.54, 1.807) is 25.4 Å². The van der Waals surface area contributed by atoms with Crippen LogP contribution in [0.2, 0.25) is 0 Å². The second-order valence-corrected chi connectivity index (χ2v) is 3.39. The van der Waals surface area contributed by atoms with Gasteiger partial charge < -0.3 is 15.8 Å². The van der Waals surface area contributed by atoms with Gasteiger partial charge in [-0.3, -0.25) is 4.79 Å². The van der Waals surface area contributed by atoms with E-state index in [1.807, 2.05) is 0 Å². The second-order valence-electron chi connectivity index (χ2n) is 3.39. The average molecular weight is 223 g/mol. The van der Waals surface area contributed by atoms with Gasteiger partial charge in [0, 0.05) is 26.5 Å². The van der Waals surface area contributed by atoms with Crippen molar-refractivity contribution < 1.29 is 9.53 Å². The van der Waals surface area contributed by atoms with E-state index in [4.69, 9.17) is 10.5 Å². The predicted molar refractivity (Wildman–Crippen MR) is 62.1 cm³/mol. The number of carbonyl (C=O) groups excluding carboxylic acids is 1. The molecular weight excluding hydrogens is 206 g/mol. The van der Waals surface area contributed by atoms with Gasteiger partial charge in [-0.05, 0) is 25.0 Å². The summed E-state index contributed by atoms with van der Waals surface area (Å²) in [5.41, 5.74) is 6.01. The monoisotopic (exact) mass is 223 g/mol. The summed E-state index contributed by atoms with van der Waals surface area (Å²) in [5.74, 6) is 0.0832. The Labute approximate surface area is 95.0 Å². The molecule has 0 fully saturated rings. The Morgan fingerprint density at radius 3 is 3.06 bits per heavy atom. The molecule has 0 atom stereocenters. The number of hydrogen-bond acceptors (Lipinski definition) is 4. The Morgan fingerprint density at radius 1 is 1.56 bits per heavy atom. The van der Waals surface area contributed by atoms with Gasteiger partial charge in [-0.15, -0.1) is 0 Å². The lowest BCUT2D eigenvalue weighted by Crippen LogP contribution is -2.25. The molecule has 0 saturated carbocycles. The lowest BCUT2D eigenvalue weighted by Gasteiger charge is -2.06. The zero-order valence-corrected chi connectivity index (χ0v) is 9.40. The van der Waals surface area contributed by atoms with Crippen molar-refractivity contribution in [3.8, 4) is 0 Å². The largest absolute Gasteiger partial charge is 0.385 e. The van der Waals surface area contributed by atoms with Crippen LogP contribution in [0.25, 0.3) is 0 Å². The third kappa shape index (κ3) is 3.86. The maximum absolute atomic E-state index is 11.6. The van der Waals surface area contributed by atoms with Crippen LogP contribution in [0.4, 0.5) is 5.82 Å². The number of nitrogen functional groups attached to an aromatic ring is 1. The van der Waals surface area contributed by atoms with Gasteiger partial charge in [-0.2, -0.15) is 0 Å². The van der Waals surface area contributed by atoms with Gasteiger partial charge in [0.1, 0.15) is 5.82 Å². The van der Waals surface area contributed by atoms with Crippen molar-refractivity contribution in [2.45, 2.75) is 12.8 Å².